The molecule has 4 nitrogen and oxygen atoms in total. The molecular weight excluding hydrogens is 288 g/mol. The summed E-state index contributed by atoms with van der Waals surface area (Å²) in [7, 11) is -3.39. The molecule has 0 aromatic carbocycles. The van der Waals surface area contributed by atoms with E-state index >= 15 is 0 Å². The Hall–Kier alpha value is -0.0800. The summed E-state index contributed by atoms with van der Waals surface area (Å²) in [5.74, 6) is 1.14. The molecule has 1 aromatic rings. The Bertz CT molecular complexity index is 478. The largest absolute Gasteiger partial charge is 0.326 e. The Morgan fingerprint density at radius 2 is 2.28 bits per heavy atom. The van der Waals surface area contributed by atoms with Crippen molar-refractivity contribution >= 4 is 33.1 Å². The molecule has 1 aromatic heterocycles. The summed E-state index contributed by atoms with van der Waals surface area (Å²) in [6.07, 6.45) is 3.54. The van der Waals surface area contributed by atoms with Crippen LogP contribution in [0.1, 0.15) is 24.1 Å². The van der Waals surface area contributed by atoms with Gasteiger partial charge >= 0.3 is 0 Å². The molecule has 0 amide bonds. The first-order valence-corrected chi connectivity index (χ1v) is 9.42. The van der Waals surface area contributed by atoms with Crippen LogP contribution in [0.3, 0.4) is 0 Å². The first-order valence-electron chi connectivity index (χ1n) is 6.01. The number of nitrogens with two attached hydrogens (primary N) is 1. The van der Waals surface area contributed by atoms with E-state index in [4.69, 9.17) is 5.73 Å². The van der Waals surface area contributed by atoms with Crippen molar-refractivity contribution in [3.8, 4) is 0 Å². The van der Waals surface area contributed by atoms with Crippen LogP contribution in [0.25, 0.3) is 0 Å². The third-order valence-corrected chi connectivity index (χ3v) is 6.93. The predicted molar refractivity (Wildman–Crippen MR) is 77.5 cm³/mol. The Labute approximate surface area is 116 Å². The van der Waals surface area contributed by atoms with E-state index in [1.54, 1.807) is 11.4 Å². The van der Waals surface area contributed by atoms with Gasteiger partial charge in [-0.15, -0.1) is 11.3 Å². The van der Waals surface area contributed by atoms with Crippen LogP contribution >= 0.6 is 23.1 Å². The highest BCUT2D eigenvalue weighted by Crippen LogP contribution is 2.25. The van der Waals surface area contributed by atoms with Gasteiger partial charge < -0.3 is 5.73 Å². The van der Waals surface area contributed by atoms with Gasteiger partial charge in [0, 0.05) is 23.2 Å². The number of thioether (sulfide) groups is 1. The predicted octanol–water partition coefficient (Wildman–Crippen LogP) is 1.77. The van der Waals surface area contributed by atoms with E-state index in [-0.39, 0.29) is 6.54 Å². The van der Waals surface area contributed by atoms with Crippen molar-refractivity contribution in [3.63, 3.8) is 0 Å². The number of rotatable bonds is 5. The van der Waals surface area contributed by atoms with E-state index in [2.05, 4.69) is 4.72 Å². The highest BCUT2D eigenvalue weighted by molar-refractivity contribution is 8.00. The number of hydrogen-bond donors (Lipinski definition) is 2. The van der Waals surface area contributed by atoms with Gasteiger partial charge in [0.25, 0.3) is 0 Å². The fourth-order valence-electron chi connectivity index (χ4n) is 1.97. The normalized spacial score (nSPS) is 21.1. The second-order valence-electron chi connectivity index (χ2n) is 4.25. The van der Waals surface area contributed by atoms with E-state index in [1.165, 1.54) is 24.2 Å². The summed E-state index contributed by atoms with van der Waals surface area (Å²) in [6, 6.07) is 1.63. The standard InChI is InChI=1S/C11H18N2O2S3/c12-7-10-11(4-6-17-10)18(14,15)13-8-9-3-1-2-5-16-9/h4,6,9,13H,1-3,5,7-8,12H2. The van der Waals surface area contributed by atoms with E-state index < -0.39 is 10.0 Å². The summed E-state index contributed by atoms with van der Waals surface area (Å²) in [5, 5.41) is 2.18. The molecule has 0 aliphatic carbocycles. The van der Waals surface area contributed by atoms with Crippen molar-refractivity contribution in [2.45, 2.75) is 36.0 Å². The zero-order valence-electron chi connectivity index (χ0n) is 10.1. The molecule has 2 rings (SSSR count). The van der Waals surface area contributed by atoms with Gasteiger partial charge in [-0.1, -0.05) is 6.42 Å². The minimum atomic E-state index is -3.39. The maximum Gasteiger partial charge on any atom is 0.241 e. The Morgan fingerprint density at radius 3 is 2.94 bits per heavy atom. The number of thiophene rings is 1. The molecule has 1 saturated heterocycles. The smallest absolute Gasteiger partial charge is 0.241 e. The molecular formula is C11H18N2O2S3. The molecule has 2 heterocycles. The SMILES string of the molecule is NCc1sccc1S(=O)(=O)NCC1CCCCS1. The van der Waals surface area contributed by atoms with Crippen molar-refractivity contribution in [2.24, 2.45) is 5.73 Å². The lowest BCUT2D eigenvalue weighted by Crippen LogP contribution is -2.32. The van der Waals surface area contributed by atoms with E-state index in [1.807, 2.05) is 11.8 Å². The van der Waals surface area contributed by atoms with Gasteiger partial charge in [-0.05, 0) is 30.0 Å². The Kier molecular flexibility index (Phi) is 5.08. The van der Waals surface area contributed by atoms with Gasteiger partial charge in [0.1, 0.15) is 0 Å². The fourth-order valence-corrected chi connectivity index (χ4v) is 5.72. The zero-order chi connectivity index (χ0) is 13.0. The Morgan fingerprint density at radius 1 is 1.44 bits per heavy atom. The van der Waals surface area contributed by atoms with E-state index in [9.17, 15) is 8.42 Å². The molecule has 0 spiro atoms. The molecule has 0 radical (unpaired) electrons. The van der Waals surface area contributed by atoms with Gasteiger partial charge in [-0.2, -0.15) is 11.8 Å². The van der Waals surface area contributed by atoms with Crippen LogP contribution in [-0.4, -0.2) is 26.0 Å². The molecule has 0 bridgehead atoms. The molecule has 7 heteroatoms. The van der Waals surface area contributed by atoms with Gasteiger partial charge in [0.15, 0.2) is 0 Å². The van der Waals surface area contributed by atoms with Crippen LogP contribution in [0.4, 0.5) is 0 Å². The van der Waals surface area contributed by atoms with Gasteiger partial charge in [-0.3, -0.25) is 0 Å². The van der Waals surface area contributed by atoms with E-state index in [0.29, 0.717) is 16.7 Å². The average Bonchev–Trinajstić information content (AvgIpc) is 2.87. The summed E-state index contributed by atoms with van der Waals surface area (Å²) in [5.41, 5.74) is 5.54. The minimum absolute atomic E-state index is 0.270. The highest BCUT2D eigenvalue weighted by atomic mass is 32.2. The molecule has 1 unspecified atom stereocenters. The van der Waals surface area contributed by atoms with Crippen LogP contribution in [0, 0.1) is 0 Å². The minimum Gasteiger partial charge on any atom is -0.326 e. The number of hydrogen-bond acceptors (Lipinski definition) is 5. The molecule has 102 valence electrons. The average molecular weight is 306 g/mol. The number of sulfonamides is 1. The van der Waals surface area contributed by atoms with Crippen LogP contribution in [0.2, 0.25) is 0 Å². The first-order chi connectivity index (χ1) is 8.63. The quantitative estimate of drug-likeness (QED) is 0.869. The van der Waals surface area contributed by atoms with Crippen molar-refractivity contribution in [1.29, 1.82) is 0 Å². The zero-order valence-corrected chi connectivity index (χ0v) is 12.5. The molecule has 0 saturated carbocycles. The van der Waals surface area contributed by atoms with Crippen LogP contribution < -0.4 is 10.5 Å². The molecule has 3 N–H and O–H groups in total. The molecule has 1 aliphatic rings. The third-order valence-electron chi connectivity index (χ3n) is 2.95. The summed E-state index contributed by atoms with van der Waals surface area (Å²) >= 11 is 3.25. The summed E-state index contributed by atoms with van der Waals surface area (Å²) in [4.78, 5) is 1.06. The lowest BCUT2D eigenvalue weighted by molar-refractivity contribution is 0.573. The van der Waals surface area contributed by atoms with Gasteiger partial charge in [0.2, 0.25) is 10.0 Å². The molecule has 1 fully saturated rings. The number of nitrogens with one attached hydrogen (secondary N) is 1. The first kappa shape index (κ1) is 14.3. The van der Waals surface area contributed by atoms with Crippen molar-refractivity contribution < 1.29 is 8.42 Å². The van der Waals surface area contributed by atoms with Gasteiger partial charge in [-0.25, -0.2) is 13.1 Å². The Balaban J connectivity index is 1.99. The van der Waals surface area contributed by atoms with Crippen LogP contribution in [0.15, 0.2) is 16.3 Å². The van der Waals surface area contributed by atoms with Crippen molar-refractivity contribution in [1.82, 2.24) is 4.72 Å². The fraction of sp³-hybridized carbons (Fsp3) is 0.636. The maximum atomic E-state index is 12.1. The van der Waals surface area contributed by atoms with E-state index in [0.717, 1.165) is 17.1 Å². The summed E-state index contributed by atoms with van der Waals surface area (Å²) in [6.45, 7) is 0.791. The van der Waals surface area contributed by atoms with Crippen LogP contribution in [0.5, 0.6) is 0 Å². The monoisotopic (exact) mass is 306 g/mol. The van der Waals surface area contributed by atoms with Crippen molar-refractivity contribution in [2.75, 3.05) is 12.3 Å². The molecule has 1 atom stereocenters. The lowest BCUT2D eigenvalue weighted by atomic mass is 10.2. The summed E-state index contributed by atoms with van der Waals surface area (Å²) < 4.78 is 27.0. The van der Waals surface area contributed by atoms with Crippen molar-refractivity contribution in [3.05, 3.63) is 16.3 Å². The molecule has 1 aliphatic heterocycles. The lowest BCUT2D eigenvalue weighted by Gasteiger charge is -2.21. The second kappa shape index (κ2) is 6.38. The van der Waals surface area contributed by atoms with Crippen LogP contribution in [-0.2, 0) is 16.6 Å². The second-order valence-corrected chi connectivity index (χ2v) is 8.40. The maximum absolute atomic E-state index is 12.1. The third kappa shape index (κ3) is 3.48. The topological polar surface area (TPSA) is 72.2 Å². The molecule has 18 heavy (non-hydrogen) atoms. The highest BCUT2D eigenvalue weighted by Gasteiger charge is 2.21. The van der Waals surface area contributed by atoms with Gasteiger partial charge in [0.05, 0.1) is 4.90 Å².